The molecule has 2 aromatic heterocycles. The molecule has 112 valence electrons. The van der Waals surface area contributed by atoms with E-state index in [1.807, 2.05) is 31.2 Å². The summed E-state index contributed by atoms with van der Waals surface area (Å²) in [5, 5.41) is 9.07. The lowest BCUT2D eigenvalue weighted by molar-refractivity contribution is 0.0696. The van der Waals surface area contributed by atoms with Gasteiger partial charge in [-0.05, 0) is 54.8 Å². The molecule has 0 aliphatic carbocycles. The Kier molecular flexibility index (Phi) is 5.20. The molecule has 2 rings (SSSR count). The molecule has 0 unspecified atom stereocenters. The first-order chi connectivity index (χ1) is 10.6. The number of carboxylic acid groups (broad SMARTS) is 1. The third kappa shape index (κ3) is 3.88. The largest absolute Gasteiger partial charge is 0.478 e. The topological polar surface area (TPSA) is 63.1 Å². The van der Waals surface area contributed by atoms with Gasteiger partial charge in [0.15, 0.2) is 0 Å². The minimum atomic E-state index is -0.953. The normalized spacial score (nSPS) is 12.3. The summed E-state index contributed by atoms with van der Waals surface area (Å²) in [7, 11) is 0. The molecule has 0 spiro atoms. The molecular formula is C18H18N2O2. The Morgan fingerprint density at radius 2 is 1.95 bits per heavy atom. The second-order valence-corrected chi connectivity index (χ2v) is 4.84. The van der Waals surface area contributed by atoms with Gasteiger partial charge in [-0.2, -0.15) is 0 Å². The minimum Gasteiger partial charge on any atom is -0.478 e. The summed E-state index contributed by atoms with van der Waals surface area (Å²) in [5.74, 6) is -0.953. The van der Waals surface area contributed by atoms with Gasteiger partial charge in [0, 0.05) is 12.4 Å². The summed E-state index contributed by atoms with van der Waals surface area (Å²) < 4.78 is 0. The molecular weight excluding hydrogens is 276 g/mol. The molecule has 0 aromatic carbocycles. The number of hydrogen-bond donors (Lipinski definition) is 1. The van der Waals surface area contributed by atoms with Gasteiger partial charge in [0.05, 0.1) is 17.0 Å². The minimum absolute atomic E-state index is 0.233. The van der Waals surface area contributed by atoms with E-state index in [4.69, 9.17) is 5.11 Å². The van der Waals surface area contributed by atoms with E-state index in [0.29, 0.717) is 5.69 Å². The Morgan fingerprint density at radius 1 is 1.18 bits per heavy atom. The first kappa shape index (κ1) is 15.6. The van der Waals surface area contributed by atoms with Crippen molar-refractivity contribution in [2.24, 2.45) is 0 Å². The van der Waals surface area contributed by atoms with E-state index in [1.54, 1.807) is 12.3 Å². The highest BCUT2D eigenvalue weighted by atomic mass is 16.4. The van der Waals surface area contributed by atoms with E-state index < -0.39 is 5.97 Å². The summed E-state index contributed by atoms with van der Waals surface area (Å²) in [6, 6.07) is 8.84. The third-order valence-corrected chi connectivity index (χ3v) is 3.17. The second kappa shape index (κ2) is 7.31. The maximum absolute atomic E-state index is 11.1. The van der Waals surface area contributed by atoms with Crippen LogP contribution in [0.15, 0.2) is 54.9 Å². The van der Waals surface area contributed by atoms with E-state index >= 15 is 0 Å². The highest BCUT2D eigenvalue weighted by molar-refractivity contribution is 5.89. The molecule has 0 amide bonds. The van der Waals surface area contributed by atoms with Crippen LogP contribution in [-0.4, -0.2) is 21.0 Å². The maximum atomic E-state index is 11.1. The second-order valence-electron chi connectivity index (χ2n) is 4.84. The van der Waals surface area contributed by atoms with Crippen LogP contribution in [0.5, 0.6) is 0 Å². The molecule has 0 saturated carbocycles. The summed E-state index contributed by atoms with van der Waals surface area (Å²) >= 11 is 0. The van der Waals surface area contributed by atoms with Crippen LogP contribution in [0.4, 0.5) is 0 Å². The van der Waals surface area contributed by atoms with Crippen LogP contribution in [0.3, 0.4) is 0 Å². The number of allylic oxidation sites excluding steroid dienone is 4. The summed E-state index contributed by atoms with van der Waals surface area (Å²) in [5.41, 5.74) is 3.67. The van der Waals surface area contributed by atoms with Crippen LogP contribution in [0.2, 0.25) is 0 Å². The predicted molar refractivity (Wildman–Crippen MR) is 87.4 cm³/mol. The number of aromatic carboxylic acids is 1. The van der Waals surface area contributed by atoms with Crippen LogP contribution in [0, 0.1) is 0 Å². The van der Waals surface area contributed by atoms with Gasteiger partial charge in [0.1, 0.15) is 0 Å². The summed E-state index contributed by atoms with van der Waals surface area (Å²) in [6.07, 6.45) is 8.23. The van der Waals surface area contributed by atoms with Gasteiger partial charge < -0.3 is 5.11 Å². The van der Waals surface area contributed by atoms with E-state index in [0.717, 1.165) is 23.3 Å². The molecule has 4 nitrogen and oxygen atoms in total. The fraction of sp³-hybridized carbons (Fsp3) is 0.167. The van der Waals surface area contributed by atoms with E-state index in [9.17, 15) is 4.79 Å². The molecule has 1 N–H and O–H groups in total. The van der Waals surface area contributed by atoms with Crippen LogP contribution in [-0.2, 0) is 0 Å². The smallest absolute Gasteiger partial charge is 0.335 e. The molecule has 22 heavy (non-hydrogen) atoms. The Labute approximate surface area is 129 Å². The molecule has 0 fully saturated rings. The highest BCUT2D eigenvalue weighted by Gasteiger charge is 2.07. The average molecular weight is 294 g/mol. The SMILES string of the molecule is CC/C=C(\C=C(/C)c1cc(C(=O)O)ccn1)c1ccccn1. The lowest BCUT2D eigenvalue weighted by Crippen LogP contribution is -1.98. The van der Waals surface area contributed by atoms with Gasteiger partial charge in [0.25, 0.3) is 0 Å². The van der Waals surface area contributed by atoms with Crippen molar-refractivity contribution in [2.45, 2.75) is 20.3 Å². The van der Waals surface area contributed by atoms with Crippen LogP contribution in [0.1, 0.15) is 42.0 Å². The van der Waals surface area contributed by atoms with E-state index in [2.05, 4.69) is 23.0 Å². The zero-order valence-corrected chi connectivity index (χ0v) is 12.7. The predicted octanol–water partition coefficient (Wildman–Crippen LogP) is 4.07. The highest BCUT2D eigenvalue weighted by Crippen LogP contribution is 2.21. The molecule has 0 radical (unpaired) electrons. The molecule has 0 aliphatic heterocycles. The Morgan fingerprint density at radius 3 is 2.59 bits per heavy atom. The standard InChI is InChI=1S/C18H18N2O2/c1-3-6-14(16-7-4-5-9-19-16)11-13(2)17-12-15(18(21)22)8-10-20-17/h4-12H,3H2,1-2H3,(H,21,22)/b13-11+,14-6+. The number of nitrogens with zero attached hydrogens (tertiary/aromatic N) is 2. The van der Waals surface area contributed by atoms with Crippen molar-refractivity contribution < 1.29 is 9.90 Å². The molecule has 2 heterocycles. The number of carbonyl (C=O) groups is 1. The van der Waals surface area contributed by atoms with Crippen LogP contribution >= 0.6 is 0 Å². The lowest BCUT2D eigenvalue weighted by atomic mass is 10.0. The number of aromatic nitrogens is 2. The van der Waals surface area contributed by atoms with Crippen molar-refractivity contribution in [3.8, 4) is 0 Å². The van der Waals surface area contributed by atoms with E-state index in [1.165, 1.54) is 12.3 Å². The molecule has 0 aliphatic rings. The van der Waals surface area contributed by atoms with E-state index in [-0.39, 0.29) is 5.56 Å². The molecule has 0 saturated heterocycles. The first-order valence-corrected chi connectivity index (χ1v) is 7.11. The third-order valence-electron chi connectivity index (χ3n) is 3.17. The number of carboxylic acids is 1. The van der Waals surface area contributed by atoms with Gasteiger partial charge in [-0.3, -0.25) is 9.97 Å². The average Bonchev–Trinajstić information content (AvgIpc) is 2.55. The van der Waals surface area contributed by atoms with Gasteiger partial charge in [-0.15, -0.1) is 0 Å². The number of pyridine rings is 2. The molecule has 2 aromatic rings. The Balaban J connectivity index is 2.39. The monoisotopic (exact) mass is 294 g/mol. The summed E-state index contributed by atoms with van der Waals surface area (Å²) in [6.45, 7) is 3.98. The van der Waals surface area contributed by atoms with Gasteiger partial charge in [-0.25, -0.2) is 4.79 Å². The number of rotatable bonds is 5. The fourth-order valence-corrected chi connectivity index (χ4v) is 2.08. The van der Waals surface area contributed by atoms with Crippen LogP contribution in [0.25, 0.3) is 11.1 Å². The van der Waals surface area contributed by atoms with Gasteiger partial charge >= 0.3 is 5.97 Å². The Bertz CT molecular complexity index is 719. The molecule has 0 atom stereocenters. The molecule has 0 bridgehead atoms. The van der Waals surface area contributed by atoms with Crippen LogP contribution < -0.4 is 0 Å². The maximum Gasteiger partial charge on any atom is 0.335 e. The van der Waals surface area contributed by atoms with Crippen molar-refractivity contribution in [3.05, 3.63) is 71.8 Å². The summed E-state index contributed by atoms with van der Waals surface area (Å²) in [4.78, 5) is 19.7. The van der Waals surface area contributed by atoms with Crippen molar-refractivity contribution >= 4 is 17.1 Å². The van der Waals surface area contributed by atoms with Crippen molar-refractivity contribution in [2.75, 3.05) is 0 Å². The Hall–Kier alpha value is -2.75. The van der Waals surface area contributed by atoms with Gasteiger partial charge in [-0.1, -0.05) is 19.1 Å². The van der Waals surface area contributed by atoms with Crippen molar-refractivity contribution in [3.63, 3.8) is 0 Å². The van der Waals surface area contributed by atoms with Crippen molar-refractivity contribution in [1.82, 2.24) is 9.97 Å². The quantitative estimate of drug-likeness (QED) is 0.844. The molecule has 4 heteroatoms. The van der Waals surface area contributed by atoms with Gasteiger partial charge in [0.2, 0.25) is 0 Å². The van der Waals surface area contributed by atoms with Crippen molar-refractivity contribution in [1.29, 1.82) is 0 Å². The lowest BCUT2D eigenvalue weighted by Gasteiger charge is -2.06. The zero-order chi connectivity index (χ0) is 15.9. The first-order valence-electron chi connectivity index (χ1n) is 7.11. The zero-order valence-electron chi connectivity index (χ0n) is 12.7. The fourth-order valence-electron chi connectivity index (χ4n) is 2.08. The number of hydrogen-bond acceptors (Lipinski definition) is 3.